The topological polar surface area (TPSA) is 26.0 Å². The number of para-hydroxylation sites is 1. The molecule has 0 radical (unpaired) electrons. The minimum atomic E-state index is 0.827. The maximum atomic E-state index is 6.38. The average molecular weight is 377 g/mol. The lowest BCUT2D eigenvalue weighted by atomic mass is 9.95. The molecule has 2 heterocycles. The molecular formula is C27H23NO. The zero-order valence-electron chi connectivity index (χ0n) is 16.4. The molecule has 29 heavy (non-hydrogen) atoms. The Kier molecular flexibility index (Phi) is 3.90. The number of pyridine rings is 1. The minimum absolute atomic E-state index is 0.827. The molecule has 142 valence electrons. The van der Waals surface area contributed by atoms with Crippen molar-refractivity contribution in [1.82, 2.24) is 4.98 Å². The van der Waals surface area contributed by atoms with Crippen molar-refractivity contribution in [2.75, 3.05) is 0 Å². The highest BCUT2D eigenvalue weighted by molar-refractivity contribution is 6.22. The van der Waals surface area contributed by atoms with Crippen LogP contribution in [-0.4, -0.2) is 4.98 Å². The molecule has 2 aromatic heterocycles. The number of hydrogen-bond acceptors (Lipinski definition) is 2. The molecule has 0 atom stereocenters. The fourth-order valence-corrected chi connectivity index (χ4v) is 5.06. The number of fused-ring (bicyclic) bond motifs is 5. The summed E-state index contributed by atoms with van der Waals surface area (Å²) in [5.41, 5.74) is 5.36. The summed E-state index contributed by atoms with van der Waals surface area (Å²) in [5.74, 6) is 0.827. The lowest BCUT2D eigenvalue weighted by molar-refractivity contribution is 0.546. The summed E-state index contributed by atoms with van der Waals surface area (Å²) in [7, 11) is 0. The molecule has 6 rings (SSSR count). The maximum Gasteiger partial charge on any atom is 0.145 e. The average Bonchev–Trinajstić information content (AvgIpc) is 3.41. The van der Waals surface area contributed by atoms with E-state index in [1.54, 1.807) is 0 Å². The Balaban J connectivity index is 1.59. The van der Waals surface area contributed by atoms with Crippen LogP contribution in [0.2, 0.25) is 0 Å². The fourth-order valence-electron chi connectivity index (χ4n) is 5.06. The summed E-state index contributed by atoms with van der Waals surface area (Å²) >= 11 is 0. The van der Waals surface area contributed by atoms with Crippen LogP contribution in [-0.2, 0) is 6.42 Å². The SMILES string of the molecule is c1ccc2c(c1)cc(-c1cc(CC3CCCC3)ccn1)c1oc3ccccc3c12. The predicted molar refractivity (Wildman–Crippen MR) is 120 cm³/mol. The molecule has 0 bridgehead atoms. The van der Waals surface area contributed by atoms with Crippen LogP contribution in [0.4, 0.5) is 0 Å². The van der Waals surface area contributed by atoms with Gasteiger partial charge < -0.3 is 4.42 Å². The molecule has 2 heteroatoms. The van der Waals surface area contributed by atoms with E-state index in [2.05, 4.69) is 60.7 Å². The van der Waals surface area contributed by atoms with E-state index in [4.69, 9.17) is 9.40 Å². The standard InChI is InChI=1S/C27H23NO/c1-2-8-18(7-1)15-19-13-14-28-24(16-19)23-17-20-9-3-4-10-21(20)26-22-11-5-6-12-25(22)29-27(23)26/h3-6,9-14,16-18H,1-2,7-8,15H2. The van der Waals surface area contributed by atoms with E-state index in [-0.39, 0.29) is 0 Å². The first-order valence-electron chi connectivity index (χ1n) is 10.6. The maximum absolute atomic E-state index is 6.38. The molecule has 5 aromatic rings. The smallest absolute Gasteiger partial charge is 0.145 e. The van der Waals surface area contributed by atoms with E-state index in [9.17, 15) is 0 Å². The third-order valence-electron chi connectivity index (χ3n) is 6.47. The summed E-state index contributed by atoms with van der Waals surface area (Å²) in [6, 6.07) is 23.6. The van der Waals surface area contributed by atoms with E-state index < -0.39 is 0 Å². The van der Waals surface area contributed by atoms with Crippen molar-refractivity contribution in [1.29, 1.82) is 0 Å². The summed E-state index contributed by atoms with van der Waals surface area (Å²) < 4.78 is 6.38. The Morgan fingerprint density at radius 3 is 2.55 bits per heavy atom. The molecule has 0 amide bonds. The van der Waals surface area contributed by atoms with Crippen LogP contribution in [0.1, 0.15) is 31.2 Å². The number of rotatable bonds is 3. The summed E-state index contributed by atoms with van der Waals surface area (Å²) in [5, 5.41) is 4.82. The quantitative estimate of drug-likeness (QED) is 0.325. The number of benzene rings is 3. The van der Waals surface area contributed by atoms with Crippen molar-refractivity contribution in [3.63, 3.8) is 0 Å². The first kappa shape index (κ1) is 16.8. The minimum Gasteiger partial charge on any atom is -0.455 e. The van der Waals surface area contributed by atoms with Gasteiger partial charge in [0.2, 0.25) is 0 Å². The Morgan fingerprint density at radius 1 is 0.862 bits per heavy atom. The van der Waals surface area contributed by atoms with Crippen molar-refractivity contribution in [3.05, 3.63) is 78.5 Å². The molecule has 3 aromatic carbocycles. The van der Waals surface area contributed by atoms with E-state index >= 15 is 0 Å². The van der Waals surface area contributed by atoms with Crippen LogP contribution < -0.4 is 0 Å². The number of nitrogens with zero attached hydrogens (tertiary/aromatic N) is 1. The number of hydrogen-bond donors (Lipinski definition) is 0. The molecular weight excluding hydrogens is 354 g/mol. The molecule has 0 unspecified atom stereocenters. The van der Waals surface area contributed by atoms with Gasteiger partial charge >= 0.3 is 0 Å². The second kappa shape index (κ2) is 6.73. The van der Waals surface area contributed by atoms with Crippen molar-refractivity contribution < 1.29 is 4.42 Å². The van der Waals surface area contributed by atoms with Crippen molar-refractivity contribution in [2.24, 2.45) is 5.92 Å². The zero-order chi connectivity index (χ0) is 19.2. The monoisotopic (exact) mass is 377 g/mol. The van der Waals surface area contributed by atoms with Crippen LogP contribution >= 0.6 is 0 Å². The van der Waals surface area contributed by atoms with E-state index in [1.165, 1.54) is 52.8 Å². The second-order valence-corrected chi connectivity index (χ2v) is 8.35. The Bertz CT molecular complexity index is 1340. The van der Waals surface area contributed by atoms with Gasteiger partial charge in [-0.2, -0.15) is 0 Å². The Hall–Kier alpha value is -3.13. The van der Waals surface area contributed by atoms with Crippen LogP contribution in [0, 0.1) is 5.92 Å². The summed E-state index contributed by atoms with van der Waals surface area (Å²) in [6.45, 7) is 0. The molecule has 1 aliphatic carbocycles. The molecule has 2 nitrogen and oxygen atoms in total. The van der Waals surface area contributed by atoms with Crippen molar-refractivity contribution in [2.45, 2.75) is 32.1 Å². The molecule has 1 saturated carbocycles. The molecule has 0 spiro atoms. The van der Waals surface area contributed by atoms with Crippen LogP contribution in [0.25, 0.3) is 44.0 Å². The highest BCUT2D eigenvalue weighted by Gasteiger charge is 2.18. The van der Waals surface area contributed by atoms with Gasteiger partial charge in [0.1, 0.15) is 11.2 Å². The van der Waals surface area contributed by atoms with Crippen LogP contribution in [0.5, 0.6) is 0 Å². The highest BCUT2D eigenvalue weighted by atomic mass is 16.3. The summed E-state index contributed by atoms with van der Waals surface area (Å²) in [6.07, 6.45) is 8.61. The molecule has 0 saturated heterocycles. The van der Waals surface area contributed by atoms with Gasteiger partial charge in [-0.25, -0.2) is 0 Å². The van der Waals surface area contributed by atoms with Gasteiger partial charge in [0.05, 0.1) is 5.69 Å². The van der Waals surface area contributed by atoms with Crippen LogP contribution in [0.15, 0.2) is 77.3 Å². The molecule has 1 fully saturated rings. The molecule has 1 aliphatic rings. The largest absolute Gasteiger partial charge is 0.455 e. The van der Waals surface area contributed by atoms with Crippen molar-refractivity contribution >= 4 is 32.7 Å². The van der Waals surface area contributed by atoms with Gasteiger partial charge in [0, 0.05) is 22.5 Å². The van der Waals surface area contributed by atoms with Gasteiger partial charge in [-0.05, 0) is 52.9 Å². The Labute approximate surface area is 170 Å². The lowest BCUT2D eigenvalue weighted by Gasteiger charge is -2.11. The normalized spacial score (nSPS) is 15.0. The highest BCUT2D eigenvalue weighted by Crippen LogP contribution is 2.40. The second-order valence-electron chi connectivity index (χ2n) is 8.35. The van der Waals surface area contributed by atoms with Gasteiger partial charge in [-0.1, -0.05) is 68.1 Å². The first-order chi connectivity index (χ1) is 14.4. The summed E-state index contributed by atoms with van der Waals surface area (Å²) in [4.78, 5) is 4.75. The first-order valence-corrected chi connectivity index (χ1v) is 10.6. The van der Waals surface area contributed by atoms with Gasteiger partial charge in [0.25, 0.3) is 0 Å². The molecule has 0 N–H and O–H groups in total. The number of aromatic nitrogens is 1. The van der Waals surface area contributed by atoms with Gasteiger partial charge in [-0.15, -0.1) is 0 Å². The third-order valence-corrected chi connectivity index (χ3v) is 6.47. The fraction of sp³-hybridized carbons (Fsp3) is 0.222. The lowest BCUT2D eigenvalue weighted by Crippen LogP contribution is -1.99. The predicted octanol–water partition coefficient (Wildman–Crippen LogP) is 7.53. The Morgan fingerprint density at radius 2 is 1.66 bits per heavy atom. The van der Waals surface area contributed by atoms with Gasteiger partial charge in [0.15, 0.2) is 0 Å². The van der Waals surface area contributed by atoms with Crippen molar-refractivity contribution in [3.8, 4) is 11.3 Å². The number of furan rings is 1. The van der Waals surface area contributed by atoms with Crippen LogP contribution in [0.3, 0.4) is 0 Å². The zero-order valence-corrected chi connectivity index (χ0v) is 16.4. The third kappa shape index (κ3) is 2.82. The molecule has 0 aliphatic heterocycles. The van der Waals surface area contributed by atoms with E-state index in [0.29, 0.717) is 0 Å². The van der Waals surface area contributed by atoms with Gasteiger partial charge in [-0.3, -0.25) is 4.98 Å². The van der Waals surface area contributed by atoms with E-state index in [1.807, 2.05) is 12.3 Å². The van der Waals surface area contributed by atoms with E-state index in [0.717, 1.165) is 34.8 Å².